The van der Waals surface area contributed by atoms with Gasteiger partial charge in [0.15, 0.2) is 5.78 Å². The minimum atomic E-state index is 0.0212. The summed E-state index contributed by atoms with van der Waals surface area (Å²) >= 11 is 1.61. The maximum absolute atomic E-state index is 12.5. The van der Waals surface area contributed by atoms with Gasteiger partial charge in [-0.2, -0.15) is 0 Å². The summed E-state index contributed by atoms with van der Waals surface area (Å²) in [5, 5.41) is 0. The van der Waals surface area contributed by atoms with Crippen LogP contribution in [0.2, 0.25) is 0 Å². The summed E-state index contributed by atoms with van der Waals surface area (Å²) in [7, 11) is 0. The van der Waals surface area contributed by atoms with Crippen LogP contribution < -0.4 is 0 Å². The largest absolute Gasteiger partial charge is 0.289 e. The lowest BCUT2D eigenvalue weighted by atomic mass is 10.1. The molecule has 3 aromatic rings. The van der Waals surface area contributed by atoms with Crippen molar-refractivity contribution in [1.82, 2.24) is 0 Å². The summed E-state index contributed by atoms with van der Waals surface area (Å²) in [6.45, 7) is 0. The van der Waals surface area contributed by atoms with Crippen LogP contribution in [0.3, 0.4) is 0 Å². The van der Waals surface area contributed by atoms with Gasteiger partial charge in [-0.3, -0.25) is 4.79 Å². The van der Waals surface area contributed by atoms with Gasteiger partial charge in [0, 0.05) is 21.4 Å². The standard InChI is InChI=1S/C21H16OS/c22-20(17-10-4-1-5-11-17)16-21(18-12-6-2-7-13-18)23-19-14-8-3-9-15-19/h1-16H. The number of ketones is 1. The third-order valence-corrected chi connectivity index (χ3v) is 4.43. The van der Waals surface area contributed by atoms with E-state index in [4.69, 9.17) is 0 Å². The Balaban J connectivity index is 1.95. The number of thioether (sulfide) groups is 1. The average molecular weight is 316 g/mol. The molecule has 0 saturated carbocycles. The van der Waals surface area contributed by atoms with Crippen molar-refractivity contribution in [2.24, 2.45) is 0 Å². The van der Waals surface area contributed by atoms with E-state index in [2.05, 4.69) is 12.1 Å². The molecule has 3 aromatic carbocycles. The van der Waals surface area contributed by atoms with Crippen LogP contribution >= 0.6 is 11.8 Å². The fourth-order valence-electron chi connectivity index (χ4n) is 2.19. The number of hydrogen-bond donors (Lipinski definition) is 0. The van der Waals surface area contributed by atoms with Gasteiger partial charge in [0.1, 0.15) is 0 Å². The Morgan fingerprint density at radius 3 is 1.70 bits per heavy atom. The molecule has 0 radical (unpaired) electrons. The second kappa shape index (κ2) is 7.61. The molecule has 0 unspecified atom stereocenters. The highest BCUT2D eigenvalue weighted by Crippen LogP contribution is 2.34. The Morgan fingerprint density at radius 1 is 0.652 bits per heavy atom. The number of carbonyl (C=O) groups is 1. The predicted octanol–water partition coefficient (Wildman–Crippen LogP) is 5.70. The van der Waals surface area contributed by atoms with E-state index in [-0.39, 0.29) is 5.78 Å². The van der Waals surface area contributed by atoms with Crippen molar-refractivity contribution in [2.45, 2.75) is 4.90 Å². The number of benzene rings is 3. The Kier molecular flexibility index (Phi) is 5.07. The predicted molar refractivity (Wildman–Crippen MR) is 97.5 cm³/mol. The van der Waals surface area contributed by atoms with Gasteiger partial charge in [0.05, 0.1) is 0 Å². The lowest BCUT2D eigenvalue weighted by molar-refractivity contribution is 0.104. The molecule has 0 fully saturated rings. The molecular weight excluding hydrogens is 300 g/mol. The highest BCUT2D eigenvalue weighted by molar-refractivity contribution is 8.08. The molecule has 0 spiro atoms. The Hall–Kier alpha value is -2.58. The first-order chi connectivity index (χ1) is 11.3. The molecule has 0 aliphatic carbocycles. The van der Waals surface area contributed by atoms with E-state index in [1.807, 2.05) is 78.9 Å². The number of allylic oxidation sites excluding steroid dienone is 1. The highest BCUT2D eigenvalue weighted by atomic mass is 32.2. The minimum absolute atomic E-state index is 0.0212. The normalized spacial score (nSPS) is 11.2. The molecule has 0 bridgehead atoms. The molecule has 23 heavy (non-hydrogen) atoms. The van der Waals surface area contributed by atoms with Crippen LogP contribution in [0.5, 0.6) is 0 Å². The third kappa shape index (κ3) is 4.21. The van der Waals surface area contributed by atoms with Crippen LogP contribution in [0.1, 0.15) is 15.9 Å². The van der Waals surface area contributed by atoms with Gasteiger partial charge in [-0.25, -0.2) is 0 Å². The van der Waals surface area contributed by atoms with Crippen molar-refractivity contribution < 1.29 is 4.79 Å². The van der Waals surface area contributed by atoms with Crippen molar-refractivity contribution in [2.75, 3.05) is 0 Å². The molecule has 3 rings (SSSR count). The summed E-state index contributed by atoms with van der Waals surface area (Å²) < 4.78 is 0. The summed E-state index contributed by atoms with van der Waals surface area (Å²) in [5.74, 6) is 0.0212. The first-order valence-electron chi connectivity index (χ1n) is 7.42. The molecular formula is C21H16OS. The molecule has 0 N–H and O–H groups in total. The Bertz CT molecular complexity index is 793. The van der Waals surface area contributed by atoms with E-state index in [0.717, 1.165) is 15.4 Å². The van der Waals surface area contributed by atoms with Crippen molar-refractivity contribution >= 4 is 22.5 Å². The Labute approximate surface area is 140 Å². The summed E-state index contributed by atoms with van der Waals surface area (Å²) in [4.78, 5) is 14.6. The maximum Gasteiger partial charge on any atom is 0.186 e. The molecule has 0 atom stereocenters. The van der Waals surface area contributed by atoms with Crippen molar-refractivity contribution in [3.05, 3.63) is 108 Å². The van der Waals surface area contributed by atoms with E-state index >= 15 is 0 Å². The van der Waals surface area contributed by atoms with Gasteiger partial charge >= 0.3 is 0 Å². The van der Waals surface area contributed by atoms with E-state index in [1.54, 1.807) is 17.8 Å². The molecule has 2 heteroatoms. The Morgan fingerprint density at radius 2 is 1.13 bits per heavy atom. The summed E-state index contributed by atoms with van der Waals surface area (Å²) in [6, 6.07) is 29.5. The fourth-order valence-corrected chi connectivity index (χ4v) is 3.16. The fraction of sp³-hybridized carbons (Fsp3) is 0. The molecule has 0 saturated heterocycles. The zero-order chi connectivity index (χ0) is 15.9. The van der Waals surface area contributed by atoms with Crippen LogP contribution in [-0.4, -0.2) is 5.78 Å². The van der Waals surface area contributed by atoms with Gasteiger partial charge in [0.25, 0.3) is 0 Å². The van der Waals surface area contributed by atoms with E-state index < -0.39 is 0 Å². The number of carbonyl (C=O) groups excluding carboxylic acids is 1. The van der Waals surface area contributed by atoms with Crippen molar-refractivity contribution in [3.8, 4) is 0 Å². The molecule has 112 valence electrons. The SMILES string of the molecule is O=C(C=C(Sc1ccccc1)c1ccccc1)c1ccccc1. The van der Waals surface area contributed by atoms with Crippen molar-refractivity contribution in [1.29, 1.82) is 0 Å². The van der Waals surface area contributed by atoms with Crippen LogP contribution in [0.4, 0.5) is 0 Å². The molecule has 1 nitrogen and oxygen atoms in total. The first kappa shape index (κ1) is 15.3. The van der Waals surface area contributed by atoms with E-state index in [0.29, 0.717) is 5.56 Å². The molecule has 0 heterocycles. The monoisotopic (exact) mass is 316 g/mol. The first-order valence-corrected chi connectivity index (χ1v) is 8.24. The molecule has 0 aliphatic rings. The third-order valence-electron chi connectivity index (χ3n) is 3.35. The van der Waals surface area contributed by atoms with Crippen molar-refractivity contribution in [3.63, 3.8) is 0 Å². The number of rotatable bonds is 5. The second-order valence-electron chi connectivity index (χ2n) is 5.02. The number of hydrogen-bond acceptors (Lipinski definition) is 2. The quantitative estimate of drug-likeness (QED) is 0.341. The summed E-state index contributed by atoms with van der Waals surface area (Å²) in [5.41, 5.74) is 1.75. The van der Waals surface area contributed by atoms with E-state index in [1.165, 1.54) is 0 Å². The molecule has 0 amide bonds. The molecule has 0 aromatic heterocycles. The van der Waals surface area contributed by atoms with Crippen LogP contribution in [-0.2, 0) is 0 Å². The van der Waals surface area contributed by atoms with Crippen LogP contribution in [0, 0.1) is 0 Å². The van der Waals surface area contributed by atoms with Gasteiger partial charge in [-0.05, 0) is 17.7 Å². The maximum atomic E-state index is 12.5. The summed E-state index contributed by atoms with van der Waals surface area (Å²) in [6.07, 6.45) is 1.72. The van der Waals surface area contributed by atoms with Gasteiger partial charge in [-0.1, -0.05) is 90.6 Å². The molecule has 0 aliphatic heterocycles. The lowest BCUT2D eigenvalue weighted by Gasteiger charge is -2.08. The topological polar surface area (TPSA) is 17.1 Å². The van der Waals surface area contributed by atoms with Gasteiger partial charge in [0.2, 0.25) is 0 Å². The lowest BCUT2D eigenvalue weighted by Crippen LogP contribution is -1.95. The second-order valence-corrected chi connectivity index (χ2v) is 6.14. The van der Waals surface area contributed by atoms with Gasteiger partial charge in [-0.15, -0.1) is 0 Å². The average Bonchev–Trinajstić information content (AvgIpc) is 2.63. The zero-order valence-corrected chi connectivity index (χ0v) is 13.4. The zero-order valence-electron chi connectivity index (χ0n) is 12.6. The van der Waals surface area contributed by atoms with Crippen LogP contribution in [0.15, 0.2) is 102 Å². The van der Waals surface area contributed by atoms with Gasteiger partial charge < -0.3 is 0 Å². The van der Waals surface area contributed by atoms with Crippen LogP contribution in [0.25, 0.3) is 4.91 Å². The highest BCUT2D eigenvalue weighted by Gasteiger charge is 2.08. The smallest absolute Gasteiger partial charge is 0.186 e. The minimum Gasteiger partial charge on any atom is -0.289 e. The van der Waals surface area contributed by atoms with E-state index in [9.17, 15) is 4.79 Å².